The highest BCUT2D eigenvalue weighted by molar-refractivity contribution is 7.91. The fraction of sp³-hybridized carbons (Fsp3) is 0.450. The van der Waals surface area contributed by atoms with E-state index in [4.69, 9.17) is 4.74 Å². The first kappa shape index (κ1) is 21.0. The number of carbonyl (C=O) groups excluding carboxylic acids is 1. The normalized spacial score (nSPS) is 18.3. The Morgan fingerprint density at radius 1 is 1.31 bits per heavy atom. The average molecular weight is 419 g/mol. The molecule has 1 amide bonds. The van der Waals surface area contributed by atoms with Gasteiger partial charge in [-0.3, -0.25) is 9.48 Å². The number of ether oxygens (including phenoxy) is 1. The van der Waals surface area contributed by atoms with Gasteiger partial charge in [0.2, 0.25) is 0 Å². The summed E-state index contributed by atoms with van der Waals surface area (Å²) in [7, 11) is -2.99. The van der Waals surface area contributed by atoms with Crippen molar-refractivity contribution in [1.82, 2.24) is 15.2 Å². The van der Waals surface area contributed by atoms with Gasteiger partial charge in [0.1, 0.15) is 5.75 Å². The van der Waals surface area contributed by atoms with Crippen molar-refractivity contribution in [3.63, 3.8) is 0 Å². The van der Waals surface area contributed by atoms with E-state index in [1.807, 2.05) is 45.9 Å². The highest BCUT2D eigenvalue weighted by Gasteiger charge is 2.31. The zero-order valence-electron chi connectivity index (χ0n) is 17.1. The maximum absolute atomic E-state index is 12.0. The number of sulfone groups is 1. The molecule has 1 aliphatic rings. The predicted octanol–water partition coefficient (Wildman–Crippen LogP) is 2.01. The van der Waals surface area contributed by atoms with Gasteiger partial charge in [0.15, 0.2) is 16.4 Å². The van der Waals surface area contributed by atoms with Gasteiger partial charge in [0.05, 0.1) is 29.5 Å². The Kier molecular flexibility index (Phi) is 6.07. The summed E-state index contributed by atoms with van der Waals surface area (Å²) in [4.78, 5) is 12.0. The van der Waals surface area contributed by atoms with E-state index in [0.29, 0.717) is 12.2 Å². The Balaban J connectivity index is 1.58. The molecule has 1 N–H and O–H groups in total. The van der Waals surface area contributed by atoms with Crippen LogP contribution in [0.25, 0.3) is 0 Å². The number of nitrogens with zero attached hydrogens (tertiary/aromatic N) is 3. The highest BCUT2D eigenvalue weighted by atomic mass is 32.2. The largest absolute Gasteiger partial charge is 0.484 e. The number of aryl methyl sites for hydroxylation is 3. The molecular formula is C20H26N4O4S. The van der Waals surface area contributed by atoms with E-state index in [0.717, 1.165) is 28.1 Å². The minimum absolute atomic E-state index is 0.109. The van der Waals surface area contributed by atoms with Gasteiger partial charge in [-0.05, 0) is 57.4 Å². The molecule has 1 atom stereocenters. The van der Waals surface area contributed by atoms with Gasteiger partial charge >= 0.3 is 0 Å². The third-order valence-corrected chi connectivity index (χ3v) is 6.92. The van der Waals surface area contributed by atoms with E-state index in [1.165, 1.54) is 6.21 Å². The van der Waals surface area contributed by atoms with Crippen LogP contribution in [0.3, 0.4) is 0 Å². The van der Waals surface area contributed by atoms with Crippen molar-refractivity contribution in [3.05, 3.63) is 46.3 Å². The summed E-state index contributed by atoms with van der Waals surface area (Å²) in [6.07, 6.45) is 2.10. The second-order valence-electron chi connectivity index (χ2n) is 7.41. The fourth-order valence-electron chi connectivity index (χ4n) is 3.34. The van der Waals surface area contributed by atoms with Gasteiger partial charge < -0.3 is 4.74 Å². The lowest BCUT2D eigenvalue weighted by molar-refractivity contribution is -0.123. The number of amides is 1. The molecule has 0 saturated carbocycles. The molecular weight excluding hydrogens is 392 g/mol. The van der Waals surface area contributed by atoms with Gasteiger partial charge in [-0.15, -0.1) is 0 Å². The highest BCUT2D eigenvalue weighted by Crippen LogP contribution is 2.26. The zero-order valence-corrected chi connectivity index (χ0v) is 17.9. The maximum Gasteiger partial charge on any atom is 0.277 e. The molecule has 8 nitrogen and oxygen atoms in total. The summed E-state index contributed by atoms with van der Waals surface area (Å²) < 4.78 is 30.7. The lowest BCUT2D eigenvalue weighted by Gasteiger charge is -2.10. The number of carbonyl (C=O) groups is 1. The van der Waals surface area contributed by atoms with Gasteiger partial charge in [-0.25, -0.2) is 13.8 Å². The lowest BCUT2D eigenvalue weighted by atomic mass is 10.1. The molecule has 1 aromatic heterocycles. The van der Waals surface area contributed by atoms with E-state index in [-0.39, 0.29) is 30.1 Å². The first-order chi connectivity index (χ1) is 13.7. The Morgan fingerprint density at radius 3 is 2.72 bits per heavy atom. The number of nitrogens with one attached hydrogen (secondary N) is 1. The van der Waals surface area contributed by atoms with E-state index >= 15 is 0 Å². The van der Waals surface area contributed by atoms with E-state index < -0.39 is 9.84 Å². The Hall–Kier alpha value is -2.68. The molecule has 2 aromatic rings. The molecule has 0 radical (unpaired) electrons. The Labute approximate surface area is 170 Å². The predicted molar refractivity (Wildman–Crippen MR) is 111 cm³/mol. The van der Waals surface area contributed by atoms with Crippen molar-refractivity contribution in [2.75, 3.05) is 18.1 Å². The quantitative estimate of drug-likeness (QED) is 0.571. The van der Waals surface area contributed by atoms with Crippen LogP contribution < -0.4 is 10.2 Å². The summed E-state index contributed by atoms with van der Waals surface area (Å²) in [5.41, 5.74) is 7.03. The van der Waals surface area contributed by atoms with Crippen molar-refractivity contribution < 1.29 is 17.9 Å². The van der Waals surface area contributed by atoms with Crippen LogP contribution in [0.5, 0.6) is 5.75 Å². The minimum atomic E-state index is -2.99. The van der Waals surface area contributed by atoms with Crippen LogP contribution in [0, 0.1) is 27.7 Å². The van der Waals surface area contributed by atoms with Gasteiger partial charge in [0, 0.05) is 11.3 Å². The topological polar surface area (TPSA) is 103 Å². The smallest absolute Gasteiger partial charge is 0.277 e. The maximum atomic E-state index is 12.0. The van der Waals surface area contributed by atoms with Gasteiger partial charge in [-0.1, -0.05) is 6.07 Å². The van der Waals surface area contributed by atoms with Crippen molar-refractivity contribution in [2.45, 2.75) is 40.2 Å². The molecule has 0 aliphatic carbocycles. The molecule has 1 fully saturated rings. The van der Waals surface area contributed by atoms with Gasteiger partial charge in [0.25, 0.3) is 5.91 Å². The minimum Gasteiger partial charge on any atom is -0.484 e. The molecule has 1 aromatic carbocycles. The van der Waals surface area contributed by atoms with Gasteiger partial charge in [-0.2, -0.15) is 10.2 Å². The molecule has 0 bridgehead atoms. The van der Waals surface area contributed by atoms with Crippen molar-refractivity contribution in [1.29, 1.82) is 0 Å². The number of rotatable bonds is 6. The summed E-state index contributed by atoms with van der Waals surface area (Å²) in [6.45, 7) is 7.56. The first-order valence-corrected chi connectivity index (χ1v) is 11.3. The van der Waals surface area contributed by atoms with Crippen molar-refractivity contribution in [3.8, 4) is 5.75 Å². The lowest BCUT2D eigenvalue weighted by Crippen LogP contribution is -2.24. The molecule has 9 heteroatoms. The number of benzene rings is 1. The van der Waals surface area contributed by atoms with Crippen LogP contribution in [0.15, 0.2) is 23.3 Å². The molecule has 0 unspecified atom stereocenters. The van der Waals surface area contributed by atoms with Crippen LogP contribution in [-0.2, 0) is 14.6 Å². The summed E-state index contributed by atoms with van der Waals surface area (Å²) in [5, 5.41) is 8.47. The third-order valence-electron chi connectivity index (χ3n) is 5.17. The zero-order chi connectivity index (χ0) is 21.2. The van der Waals surface area contributed by atoms with E-state index in [2.05, 4.69) is 15.6 Å². The van der Waals surface area contributed by atoms with Crippen molar-refractivity contribution in [2.24, 2.45) is 5.10 Å². The monoisotopic (exact) mass is 418 g/mol. The molecule has 2 heterocycles. The Morgan fingerprint density at radius 2 is 2.07 bits per heavy atom. The SMILES string of the molecule is Cc1ccc(OCC(=O)N/N=C\c2c(C)nn([C@H]3CCS(=O)(=O)C3)c2C)cc1C. The second kappa shape index (κ2) is 8.36. The summed E-state index contributed by atoms with van der Waals surface area (Å²) >= 11 is 0. The summed E-state index contributed by atoms with van der Waals surface area (Å²) in [6, 6.07) is 5.50. The third kappa shape index (κ3) is 5.03. The number of hydrazone groups is 1. The molecule has 156 valence electrons. The van der Waals surface area contributed by atoms with Crippen LogP contribution in [0.1, 0.15) is 40.5 Å². The molecule has 29 heavy (non-hydrogen) atoms. The fourth-order valence-corrected chi connectivity index (χ4v) is 5.03. The molecule has 1 saturated heterocycles. The first-order valence-electron chi connectivity index (χ1n) is 9.44. The van der Waals surface area contributed by atoms with E-state index in [9.17, 15) is 13.2 Å². The number of hydrogen-bond acceptors (Lipinski definition) is 6. The molecule has 0 spiro atoms. The standard InChI is InChI=1S/C20H26N4O4S/c1-13-5-6-18(9-14(13)2)28-11-20(25)22-21-10-19-15(3)23-24(16(19)4)17-7-8-29(26,27)12-17/h5-6,9-10,17H,7-8,11-12H2,1-4H3,(H,22,25)/b21-10-/t17-/m0/s1. The number of hydrogen-bond donors (Lipinski definition) is 1. The number of aromatic nitrogens is 2. The summed E-state index contributed by atoms with van der Waals surface area (Å²) in [5.74, 6) is 0.560. The Bertz CT molecular complexity index is 1060. The van der Waals surface area contributed by atoms with Crippen LogP contribution in [0.4, 0.5) is 0 Å². The van der Waals surface area contributed by atoms with Crippen LogP contribution >= 0.6 is 0 Å². The van der Waals surface area contributed by atoms with Crippen molar-refractivity contribution >= 4 is 22.0 Å². The van der Waals surface area contributed by atoms with Crippen LogP contribution in [-0.4, -0.2) is 48.4 Å². The second-order valence-corrected chi connectivity index (χ2v) is 9.64. The average Bonchev–Trinajstić information content (AvgIpc) is 3.15. The van der Waals surface area contributed by atoms with Crippen LogP contribution in [0.2, 0.25) is 0 Å². The van der Waals surface area contributed by atoms with E-state index in [1.54, 1.807) is 4.68 Å². The molecule has 1 aliphatic heterocycles. The molecule has 3 rings (SSSR count).